The first kappa shape index (κ1) is 22.6. The summed E-state index contributed by atoms with van der Waals surface area (Å²) in [4.78, 5) is 25.1. The minimum Gasteiger partial charge on any atom is -0.322 e. The predicted octanol–water partition coefficient (Wildman–Crippen LogP) is 3.20. The van der Waals surface area contributed by atoms with Crippen molar-refractivity contribution in [3.05, 3.63) is 57.5 Å². The summed E-state index contributed by atoms with van der Waals surface area (Å²) in [5, 5.41) is 2.91. The van der Waals surface area contributed by atoms with E-state index in [9.17, 15) is 18.0 Å². The van der Waals surface area contributed by atoms with Gasteiger partial charge in [-0.2, -0.15) is 4.31 Å². The van der Waals surface area contributed by atoms with E-state index in [-0.39, 0.29) is 21.2 Å². The van der Waals surface area contributed by atoms with Crippen LogP contribution < -0.4 is 11.0 Å². The lowest BCUT2D eigenvalue weighted by Crippen LogP contribution is -2.37. The molecule has 1 aromatic heterocycles. The lowest BCUT2D eigenvalue weighted by atomic mass is 10.0. The summed E-state index contributed by atoms with van der Waals surface area (Å²) >= 11 is 6.24. The van der Waals surface area contributed by atoms with E-state index >= 15 is 0 Å². The van der Waals surface area contributed by atoms with Crippen LogP contribution in [0.5, 0.6) is 0 Å². The van der Waals surface area contributed by atoms with Crippen LogP contribution in [0.25, 0.3) is 11.0 Å². The quantitative estimate of drug-likeness (QED) is 0.625. The van der Waals surface area contributed by atoms with Crippen molar-refractivity contribution in [2.75, 3.05) is 18.4 Å². The van der Waals surface area contributed by atoms with Crippen molar-refractivity contribution in [1.29, 1.82) is 0 Å². The summed E-state index contributed by atoms with van der Waals surface area (Å²) in [5.41, 5.74) is 1.77. The van der Waals surface area contributed by atoms with Crippen molar-refractivity contribution in [2.45, 2.75) is 24.7 Å². The molecule has 170 valence electrons. The number of sulfonamides is 1. The Morgan fingerprint density at radius 1 is 1.03 bits per heavy atom. The van der Waals surface area contributed by atoms with Gasteiger partial charge in [0, 0.05) is 32.9 Å². The topological polar surface area (TPSA) is 93.4 Å². The molecule has 0 radical (unpaired) electrons. The molecule has 1 aliphatic rings. The van der Waals surface area contributed by atoms with Crippen molar-refractivity contribution in [1.82, 2.24) is 13.4 Å². The molecule has 1 fully saturated rings. The molecule has 32 heavy (non-hydrogen) atoms. The predicted molar refractivity (Wildman–Crippen MR) is 125 cm³/mol. The molecule has 0 aliphatic carbocycles. The van der Waals surface area contributed by atoms with Crippen LogP contribution >= 0.6 is 11.6 Å². The molecule has 8 nitrogen and oxygen atoms in total. The summed E-state index contributed by atoms with van der Waals surface area (Å²) in [6.07, 6.45) is 1.62. The number of rotatable bonds is 4. The van der Waals surface area contributed by atoms with E-state index in [4.69, 9.17) is 11.6 Å². The van der Waals surface area contributed by atoms with Gasteiger partial charge < -0.3 is 5.32 Å². The normalized spacial score (nSPS) is 15.9. The van der Waals surface area contributed by atoms with Gasteiger partial charge in [-0.05, 0) is 55.2 Å². The van der Waals surface area contributed by atoms with E-state index in [0.717, 1.165) is 18.4 Å². The van der Waals surface area contributed by atoms with Crippen LogP contribution in [-0.4, -0.2) is 40.9 Å². The van der Waals surface area contributed by atoms with Gasteiger partial charge in [-0.15, -0.1) is 0 Å². The maximum Gasteiger partial charge on any atom is 0.328 e. The average Bonchev–Trinajstić information content (AvgIpc) is 2.98. The fourth-order valence-electron chi connectivity index (χ4n) is 4.00. The SMILES string of the molecule is CC1CCN(S(=O)(=O)c2ccc(Cl)c(C(=O)Nc3ccc4c(c3)n(C)c(=O)n4C)c2)CC1. The number of nitrogens with zero attached hydrogens (tertiary/aromatic N) is 3. The third kappa shape index (κ3) is 3.96. The molecule has 2 aromatic carbocycles. The number of piperidine rings is 1. The third-order valence-corrected chi connectivity index (χ3v) is 8.32. The first-order valence-corrected chi connectivity index (χ1v) is 12.2. The molecule has 1 aliphatic heterocycles. The average molecular weight is 477 g/mol. The number of carbonyl (C=O) groups excluding carboxylic acids is 1. The summed E-state index contributed by atoms with van der Waals surface area (Å²) in [6, 6.07) is 9.30. The van der Waals surface area contributed by atoms with Crippen molar-refractivity contribution in [3.63, 3.8) is 0 Å². The lowest BCUT2D eigenvalue weighted by Gasteiger charge is -2.29. The second kappa shape index (κ2) is 8.38. The number of halogens is 1. The van der Waals surface area contributed by atoms with E-state index in [2.05, 4.69) is 12.2 Å². The van der Waals surface area contributed by atoms with Gasteiger partial charge in [0.15, 0.2) is 0 Å². The van der Waals surface area contributed by atoms with E-state index in [0.29, 0.717) is 30.2 Å². The maximum atomic E-state index is 13.1. The zero-order chi connectivity index (χ0) is 23.2. The molecule has 3 aromatic rings. The molecular weight excluding hydrogens is 452 g/mol. The van der Waals surface area contributed by atoms with Crippen LogP contribution in [0.15, 0.2) is 46.1 Å². The zero-order valence-corrected chi connectivity index (χ0v) is 19.7. The highest BCUT2D eigenvalue weighted by Crippen LogP contribution is 2.27. The van der Waals surface area contributed by atoms with E-state index in [1.165, 1.54) is 31.6 Å². The number of carbonyl (C=O) groups is 1. The molecule has 0 unspecified atom stereocenters. The Morgan fingerprint density at radius 2 is 1.69 bits per heavy atom. The molecule has 1 amide bonds. The van der Waals surface area contributed by atoms with Crippen LogP contribution in [-0.2, 0) is 24.1 Å². The molecule has 0 atom stereocenters. The number of imidazole rings is 1. The molecule has 2 heterocycles. The van der Waals surface area contributed by atoms with Gasteiger partial charge in [0.25, 0.3) is 5.91 Å². The number of nitrogens with one attached hydrogen (secondary N) is 1. The number of fused-ring (bicyclic) bond motifs is 1. The standard InChI is InChI=1S/C22H25ClN4O4S/c1-14-8-10-27(11-9-14)32(30,31)16-5-6-18(23)17(13-16)21(28)24-15-4-7-19-20(12-15)26(3)22(29)25(19)2/h4-7,12-14H,8-11H2,1-3H3,(H,24,28). The largest absolute Gasteiger partial charge is 0.328 e. The van der Waals surface area contributed by atoms with E-state index in [1.54, 1.807) is 32.3 Å². The third-order valence-electron chi connectivity index (χ3n) is 6.09. The number of aryl methyl sites for hydroxylation is 2. The molecule has 4 rings (SSSR count). The Morgan fingerprint density at radius 3 is 2.38 bits per heavy atom. The van der Waals surface area contributed by atoms with Gasteiger partial charge in [-0.1, -0.05) is 18.5 Å². The van der Waals surface area contributed by atoms with E-state index < -0.39 is 15.9 Å². The zero-order valence-electron chi connectivity index (χ0n) is 18.1. The Kier molecular flexibility index (Phi) is 5.91. The molecule has 10 heteroatoms. The Hall–Kier alpha value is -2.62. The van der Waals surface area contributed by atoms with Crippen LogP contribution in [0.2, 0.25) is 5.02 Å². The number of hydrogen-bond donors (Lipinski definition) is 1. The second-order valence-electron chi connectivity index (χ2n) is 8.29. The number of hydrogen-bond acceptors (Lipinski definition) is 4. The number of amides is 1. The fraction of sp³-hybridized carbons (Fsp3) is 0.364. The van der Waals surface area contributed by atoms with Gasteiger partial charge in [0.2, 0.25) is 10.0 Å². The van der Waals surface area contributed by atoms with Crippen molar-refractivity contribution in [3.8, 4) is 0 Å². The van der Waals surface area contributed by atoms with Gasteiger partial charge in [0.1, 0.15) is 0 Å². The van der Waals surface area contributed by atoms with Crippen molar-refractivity contribution < 1.29 is 13.2 Å². The van der Waals surface area contributed by atoms with Gasteiger partial charge in [-0.25, -0.2) is 13.2 Å². The summed E-state index contributed by atoms with van der Waals surface area (Å²) in [5.74, 6) is -0.0333. The molecule has 1 N–H and O–H groups in total. The number of benzene rings is 2. The van der Waals surface area contributed by atoms with E-state index in [1.807, 2.05) is 0 Å². The van der Waals surface area contributed by atoms with Gasteiger partial charge >= 0.3 is 5.69 Å². The number of aromatic nitrogens is 2. The summed E-state index contributed by atoms with van der Waals surface area (Å²) < 4.78 is 30.6. The summed E-state index contributed by atoms with van der Waals surface area (Å²) in [7, 11) is -0.380. The Bertz CT molecular complexity index is 1370. The molecule has 1 saturated heterocycles. The Labute approximate surface area is 191 Å². The van der Waals surface area contributed by atoms with Crippen LogP contribution in [0.4, 0.5) is 5.69 Å². The smallest absolute Gasteiger partial charge is 0.322 e. The minimum atomic E-state index is -3.71. The van der Waals surface area contributed by atoms with Crippen LogP contribution in [0.1, 0.15) is 30.1 Å². The summed E-state index contributed by atoms with van der Waals surface area (Å²) in [6.45, 7) is 3.03. The van der Waals surface area contributed by atoms with Gasteiger partial charge in [-0.3, -0.25) is 13.9 Å². The monoisotopic (exact) mass is 476 g/mol. The van der Waals surface area contributed by atoms with Gasteiger partial charge in [0.05, 0.1) is 26.5 Å². The highest BCUT2D eigenvalue weighted by Gasteiger charge is 2.29. The first-order valence-electron chi connectivity index (χ1n) is 10.4. The minimum absolute atomic E-state index is 0.0440. The van der Waals surface area contributed by atoms with Crippen molar-refractivity contribution >= 4 is 44.3 Å². The molecular formula is C22H25ClN4O4S. The highest BCUT2D eigenvalue weighted by molar-refractivity contribution is 7.89. The molecule has 0 saturated carbocycles. The maximum absolute atomic E-state index is 13.1. The fourth-order valence-corrected chi connectivity index (χ4v) is 5.70. The molecule has 0 bridgehead atoms. The lowest BCUT2D eigenvalue weighted by molar-refractivity contribution is 0.102. The van der Waals surface area contributed by atoms with Crippen LogP contribution in [0.3, 0.4) is 0 Å². The first-order chi connectivity index (χ1) is 15.1. The second-order valence-corrected chi connectivity index (χ2v) is 10.6. The van der Waals surface area contributed by atoms with Crippen molar-refractivity contribution in [2.24, 2.45) is 20.0 Å². The highest BCUT2D eigenvalue weighted by atomic mass is 35.5. The Balaban J connectivity index is 1.62. The van der Waals surface area contributed by atoms with Crippen LogP contribution in [0, 0.1) is 5.92 Å². The molecule has 0 spiro atoms. The number of anilines is 1.